The van der Waals surface area contributed by atoms with E-state index in [4.69, 9.17) is 39.6 Å². The molecule has 3 N–H and O–H groups in total. The largest absolute Gasteiger partial charge is 0.368 e. The highest BCUT2D eigenvalue weighted by Crippen LogP contribution is 2.24. The Morgan fingerprint density at radius 1 is 1.56 bits per heavy atom. The van der Waals surface area contributed by atoms with Crippen LogP contribution in [0.4, 0.5) is 0 Å². The molecule has 82 valence electrons. The number of halogens is 2. The average Bonchev–Trinajstić information content (AvgIpc) is 2.24. The molecule has 7 heteroatoms. The Morgan fingerprint density at radius 2 is 2.25 bits per heavy atom. The van der Waals surface area contributed by atoms with Crippen LogP contribution in [0.5, 0.6) is 0 Å². The van der Waals surface area contributed by atoms with Crippen LogP contribution in [0.2, 0.25) is 10.0 Å². The number of rotatable bonds is 2. The molecule has 0 aromatic heterocycles. The first-order valence-corrected chi connectivity index (χ1v) is 4.83. The topological polar surface area (TPSA) is 89.3 Å². The summed E-state index contributed by atoms with van der Waals surface area (Å²) >= 11 is 11.7. The van der Waals surface area contributed by atoms with Crippen LogP contribution in [0.25, 0.3) is 0 Å². The predicted molar refractivity (Wildman–Crippen MR) is 63.4 cm³/mol. The van der Waals surface area contributed by atoms with Crippen molar-refractivity contribution >= 4 is 35.4 Å². The number of hydrazone groups is 1. The van der Waals surface area contributed by atoms with Crippen LogP contribution in [0, 0.1) is 16.9 Å². The molecule has 16 heavy (non-hydrogen) atoms. The molecule has 0 saturated carbocycles. The molecule has 1 aromatic carbocycles. The number of nitrogens with zero attached hydrogens (tertiary/aromatic N) is 3. The van der Waals surface area contributed by atoms with Gasteiger partial charge in [0.25, 0.3) is 0 Å². The highest BCUT2D eigenvalue weighted by atomic mass is 35.5. The van der Waals surface area contributed by atoms with Crippen LogP contribution in [0.15, 0.2) is 23.3 Å². The minimum absolute atomic E-state index is 0.328. The molecule has 0 bridgehead atoms. The third kappa shape index (κ3) is 2.86. The summed E-state index contributed by atoms with van der Waals surface area (Å²) in [5.74, 6) is -0.475. The van der Waals surface area contributed by atoms with Gasteiger partial charge in [-0.1, -0.05) is 35.3 Å². The van der Waals surface area contributed by atoms with Gasteiger partial charge in [-0.15, -0.1) is 5.01 Å². The van der Waals surface area contributed by atoms with Gasteiger partial charge < -0.3 is 5.73 Å². The molecule has 0 amide bonds. The van der Waals surface area contributed by atoms with Crippen molar-refractivity contribution in [3.63, 3.8) is 0 Å². The summed E-state index contributed by atoms with van der Waals surface area (Å²) in [6, 6.07) is 5.00. The molecule has 1 aromatic rings. The fraction of sp³-hybridized carbons (Fsp3) is 0. The van der Waals surface area contributed by atoms with Gasteiger partial charge in [-0.25, -0.2) is 0 Å². The van der Waals surface area contributed by atoms with Crippen molar-refractivity contribution < 1.29 is 0 Å². The zero-order valence-corrected chi connectivity index (χ0v) is 9.50. The van der Waals surface area contributed by atoms with E-state index in [1.165, 1.54) is 6.21 Å². The number of nitrogens with one attached hydrogen (secondary N) is 1. The fourth-order valence-electron chi connectivity index (χ4n) is 0.882. The predicted octanol–water partition coefficient (Wildman–Crippen LogP) is 2.00. The summed E-state index contributed by atoms with van der Waals surface area (Å²) in [6.45, 7) is 0. The van der Waals surface area contributed by atoms with Gasteiger partial charge in [0.15, 0.2) is 0 Å². The van der Waals surface area contributed by atoms with E-state index >= 15 is 0 Å². The Hall–Kier alpha value is -1.77. The summed E-state index contributed by atoms with van der Waals surface area (Å²) in [6.07, 6.45) is 2.92. The molecule has 0 spiro atoms. The van der Waals surface area contributed by atoms with E-state index in [0.29, 0.717) is 20.6 Å². The lowest BCUT2D eigenvalue weighted by atomic mass is 10.2. The van der Waals surface area contributed by atoms with Gasteiger partial charge in [0.2, 0.25) is 12.2 Å². The highest BCUT2D eigenvalue weighted by Gasteiger charge is 2.04. The second kappa shape index (κ2) is 5.35. The zero-order chi connectivity index (χ0) is 12.1. The van der Waals surface area contributed by atoms with Crippen molar-refractivity contribution in [2.24, 2.45) is 10.8 Å². The van der Waals surface area contributed by atoms with Gasteiger partial charge >= 0.3 is 0 Å². The Bertz CT molecular complexity index is 477. The van der Waals surface area contributed by atoms with Crippen LogP contribution in [-0.2, 0) is 0 Å². The Labute approximate surface area is 102 Å². The molecule has 0 saturated heterocycles. The molecule has 1 rings (SSSR count). The molecule has 0 fully saturated rings. The Kier molecular flexibility index (Phi) is 4.11. The molecule has 0 atom stereocenters. The molecule has 0 unspecified atom stereocenters. The summed E-state index contributed by atoms with van der Waals surface area (Å²) < 4.78 is 0. The van der Waals surface area contributed by atoms with Gasteiger partial charge in [-0.2, -0.15) is 10.4 Å². The lowest BCUT2D eigenvalue weighted by molar-refractivity contribution is 0.613. The number of hydrogen-bond acceptors (Lipinski definition) is 3. The summed E-state index contributed by atoms with van der Waals surface area (Å²) in [4.78, 5) is 0. The zero-order valence-electron chi connectivity index (χ0n) is 7.98. The average molecular weight is 256 g/mol. The monoisotopic (exact) mass is 255 g/mol. The van der Waals surface area contributed by atoms with Crippen LogP contribution in [0.3, 0.4) is 0 Å². The van der Waals surface area contributed by atoms with Gasteiger partial charge in [0.1, 0.15) is 0 Å². The second-order valence-corrected chi connectivity index (χ2v) is 3.47. The molecule has 0 aliphatic carbocycles. The first-order chi connectivity index (χ1) is 7.56. The first kappa shape index (κ1) is 12.3. The first-order valence-electron chi connectivity index (χ1n) is 4.08. The van der Waals surface area contributed by atoms with E-state index in [0.717, 1.165) is 0 Å². The van der Waals surface area contributed by atoms with E-state index in [1.54, 1.807) is 24.4 Å². The fourth-order valence-corrected chi connectivity index (χ4v) is 1.24. The van der Waals surface area contributed by atoms with Gasteiger partial charge in [0.05, 0.1) is 16.3 Å². The normalized spacial score (nSPS) is 10.1. The van der Waals surface area contributed by atoms with E-state index in [2.05, 4.69) is 5.10 Å². The number of guanidine groups is 1. The second-order valence-electron chi connectivity index (χ2n) is 2.68. The van der Waals surface area contributed by atoms with Gasteiger partial charge in [-0.3, -0.25) is 5.41 Å². The lowest BCUT2D eigenvalue weighted by Gasteiger charge is -2.05. The number of nitrogens with two attached hydrogens (primary N) is 1. The number of hydrogen-bond donors (Lipinski definition) is 2. The summed E-state index contributed by atoms with van der Waals surface area (Å²) in [5.41, 5.74) is 5.63. The maximum absolute atomic E-state index is 8.58. The summed E-state index contributed by atoms with van der Waals surface area (Å²) in [7, 11) is 0. The van der Waals surface area contributed by atoms with E-state index in [9.17, 15) is 0 Å². The van der Waals surface area contributed by atoms with Crippen molar-refractivity contribution in [2.45, 2.75) is 0 Å². The third-order valence-corrected chi connectivity index (χ3v) is 2.45. The van der Waals surface area contributed by atoms with Crippen LogP contribution in [0.1, 0.15) is 5.56 Å². The van der Waals surface area contributed by atoms with E-state index < -0.39 is 5.96 Å². The van der Waals surface area contributed by atoms with Crippen molar-refractivity contribution in [1.82, 2.24) is 5.01 Å². The minimum Gasteiger partial charge on any atom is -0.368 e. The Morgan fingerprint density at radius 3 is 2.81 bits per heavy atom. The van der Waals surface area contributed by atoms with Crippen molar-refractivity contribution in [1.29, 1.82) is 10.7 Å². The van der Waals surface area contributed by atoms with E-state index in [1.807, 2.05) is 0 Å². The molecule has 0 radical (unpaired) electrons. The minimum atomic E-state index is -0.475. The summed E-state index contributed by atoms with van der Waals surface area (Å²) in [5, 5.41) is 20.6. The molecule has 5 nitrogen and oxygen atoms in total. The van der Waals surface area contributed by atoms with Crippen molar-refractivity contribution in [3.8, 4) is 6.19 Å². The smallest absolute Gasteiger partial charge is 0.224 e. The number of benzene rings is 1. The quantitative estimate of drug-likeness (QED) is 0.279. The molecule has 0 aliphatic rings. The Balaban J connectivity index is 2.97. The van der Waals surface area contributed by atoms with Crippen molar-refractivity contribution in [2.75, 3.05) is 0 Å². The highest BCUT2D eigenvalue weighted by molar-refractivity contribution is 6.43. The van der Waals surface area contributed by atoms with Crippen LogP contribution >= 0.6 is 23.2 Å². The number of nitriles is 1. The van der Waals surface area contributed by atoms with E-state index in [-0.39, 0.29) is 0 Å². The SMILES string of the molecule is N#CN(/N=C/c1cccc(Cl)c1Cl)C(=N)N. The van der Waals surface area contributed by atoms with Crippen LogP contribution in [-0.4, -0.2) is 17.2 Å². The maximum Gasteiger partial charge on any atom is 0.224 e. The molecule has 0 aliphatic heterocycles. The molecular weight excluding hydrogens is 249 g/mol. The van der Waals surface area contributed by atoms with Gasteiger partial charge in [-0.05, 0) is 6.07 Å². The third-order valence-electron chi connectivity index (χ3n) is 1.62. The van der Waals surface area contributed by atoms with Crippen molar-refractivity contribution in [3.05, 3.63) is 33.8 Å². The molecular formula is C9H7Cl2N5. The standard InChI is InChI=1S/C9H7Cl2N5/c10-7-3-1-2-6(8(7)11)4-15-16(5-12)9(13)14/h1-4H,(H3,13,14)/b15-4+. The van der Waals surface area contributed by atoms with Gasteiger partial charge in [0, 0.05) is 5.56 Å². The molecule has 0 heterocycles. The van der Waals surface area contributed by atoms with Crippen LogP contribution < -0.4 is 5.73 Å². The maximum atomic E-state index is 8.58. The lowest BCUT2D eigenvalue weighted by Crippen LogP contribution is -2.27.